The molecule has 0 bridgehead atoms. The van der Waals surface area contributed by atoms with E-state index < -0.39 is 0 Å². The molecule has 1 saturated heterocycles. The average molecular weight is 402 g/mol. The molecule has 1 aliphatic heterocycles. The van der Waals surface area contributed by atoms with E-state index in [0.717, 1.165) is 11.3 Å². The topological polar surface area (TPSA) is 88.9 Å². The second-order valence-electron chi connectivity index (χ2n) is 6.25. The summed E-state index contributed by atoms with van der Waals surface area (Å²) in [5, 5.41) is 17.8. The Labute approximate surface area is 164 Å². The SMILES string of the molecule is O=C1CC[C@@H](NC(=O)c2ccc(-n3cnnc3)cc2Cl)[C@H](c2ccsc2)N1. The van der Waals surface area contributed by atoms with Gasteiger partial charge < -0.3 is 10.6 Å². The van der Waals surface area contributed by atoms with E-state index in [1.165, 1.54) is 0 Å². The molecule has 1 aliphatic rings. The third-order valence-electron chi connectivity index (χ3n) is 4.53. The first kappa shape index (κ1) is 17.7. The first-order valence-corrected chi connectivity index (χ1v) is 9.71. The van der Waals surface area contributed by atoms with Crippen LogP contribution in [0.1, 0.15) is 34.8 Å². The van der Waals surface area contributed by atoms with Crippen LogP contribution in [0.2, 0.25) is 5.02 Å². The number of benzene rings is 1. The fourth-order valence-corrected chi connectivity index (χ4v) is 4.11. The lowest BCUT2D eigenvalue weighted by atomic mass is 9.93. The number of carbonyl (C=O) groups excluding carboxylic acids is 2. The summed E-state index contributed by atoms with van der Waals surface area (Å²) in [5.74, 6) is -0.273. The van der Waals surface area contributed by atoms with E-state index in [1.807, 2.05) is 16.8 Å². The summed E-state index contributed by atoms with van der Waals surface area (Å²) in [6.45, 7) is 0. The number of aromatic nitrogens is 3. The fraction of sp³-hybridized carbons (Fsp3) is 0.222. The van der Waals surface area contributed by atoms with Gasteiger partial charge in [0.1, 0.15) is 12.7 Å². The van der Waals surface area contributed by atoms with E-state index in [9.17, 15) is 9.59 Å². The van der Waals surface area contributed by atoms with Gasteiger partial charge in [-0.05, 0) is 47.0 Å². The Morgan fingerprint density at radius 3 is 2.81 bits per heavy atom. The van der Waals surface area contributed by atoms with Crippen LogP contribution in [0.3, 0.4) is 0 Å². The minimum atomic E-state index is -0.267. The van der Waals surface area contributed by atoms with Crippen LogP contribution in [0.4, 0.5) is 0 Å². The summed E-state index contributed by atoms with van der Waals surface area (Å²) in [6.07, 6.45) is 4.07. The van der Waals surface area contributed by atoms with Crippen LogP contribution in [0, 0.1) is 0 Å². The molecule has 27 heavy (non-hydrogen) atoms. The lowest BCUT2D eigenvalue weighted by Gasteiger charge is -2.32. The summed E-state index contributed by atoms with van der Waals surface area (Å²) in [7, 11) is 0. The zero-order valence-corrected chi connectivity index (χ0v) is 15.7. The van der Waals surface area contributed by atoms with Crippen molar-refractivity contribution >= 4 is 34.8 Å². The highest BCUT2D eigenvalue weighted by molar-refractivity contribution is 7.08. The maximum atomic E-state index is 12.8. The lowest BCUT2D eigenvalue weighted by molar-refractivity contribution is -0.123. The summed E-state index contributed by atoms with van der Waals surface area (Å²) in [5.41, 5.74) is 2.14. The van der Waals surface area contributed by atoms with E-state index in [2.05, 4.69) is 20.8 Å². The van der Waals surface area contributed by atoms with Crippen LogP contribution in [0.25, 0.3) is 5.69 Å². The Morgan fingerprint density at radius 1 is 1.30 bits per heavy atom. The third kappa shape index (κ3) is 3.72. The van der Waals surface area contributed by atoms with Gasteiger partial charge in [0.15, 0.2) is 0 Å². The molecule has 138 valence electrons. The molecule has 7 nitrogen and oxygen atoms in total. The van der Waals surface area contributed by atoms with Crippen LogP contribution in [-0.2, 0) is 4.79 Å². The van der Waals surface area contributed by atoms with Gasteiger partial charge in [0, 0.05) is 12.1 Å². The fourth-order valence-electron chi connectivity index (χ4n) is 3.15. The van der Waals surface area contributed by atoms with Crippen molar-refractivity contribution in [3.63, 3.8) is 0 Å². The molecule has 2 atom stereocenters. The zero-order valence-electron chi connectivity index (χ0n) is 14.1. The number of hydrogen-bond acceptors (Lipinski definition) is 5. The zero-order chi connectivity index (χ0) is 18.8. The highest BCUT2D eigenvalue weighted by Crippen LogP contribution is 2.27. The summed E-state index contributed by atoms with van der Waals surface area (Å²) < 4.78 is 1.71. The summed E-state index contributed by atoms with van der Waals surface area (Å²) in [6, 6.07) is 6.67. The summed E-state index contributed by atoms with van der Waals surface area (Å²) >= 11 is 7.89. The van der Waals surface area contributed by atoms with Gasteiger partial charge in [-0.1, -0.05) is 11.6 Å². The minimum Gasteiger partial charge on any atom is -0.347 e. The molecule has 1 fully saturated rings. The number of thiophene rings is 1. The van der Waals surface area contributed by atoms with Gasteiger partial charge in [0.05, 0.1) is 22.7 Å². The Kier molecular flexibility index (Phi) is 4.91. The smallest absolute Gasteiger partial charge is 0.253 e. The van der Waals surface area contributed by atoms with Gasteiger partial charge in [-0.2, -0.15) is 11.3 Å². The molecule has 2 amide bonds. The molecule has 0 aliphatic carbocycles. The lowest BCUT2D eigenvalue weighted by Crippen LogP contribution is -2.50. The number of nitrogens with one attached hydrogen (secondary N) is 2. The van der Waals surface area contributed by atoms with Crippen LogP contribution < -0.4 is 10.6 Å². The van der Waals surface area contributed by atoms with Gasteiger partial charge in [0.25, 0.3) is 5.91 Å². The molecule has 9 heteroatoms. The quantitative estimate of drug-likeness (QED) is 0.703. The highest BCUT2D eigenvalue weighted by Gasteiger charge is 2.31. The molecule has 3 aromatic rings. The van der Waals surface area contributed by atoms with E-state index in [1.54, 1.807) is 46.8 Å². The van der Waals surface area contributed by atoms with Crippen LogP contribution in [0.15, 0.2) is 47.7 Å². The number of amides is 2. The first-order valence-electron chi connectivity index (χ1n) is 8.38. The number of carbonyl (C=O) groups is 2. The molecule has 2 aromatic heterocycles. The summed E-state index contributed by atoms with van der Waals surface area (Å²) in [4.78, 5) is 24.6. The maximum absolute atomic E-state index is 12.8. The van der Waals surface area contributed by atoms with Gasteiger partial charge in [-0.3, -0.25) is 14.2 Å². The van der Waals surface area contributed by atoms with Gasteiger partial charge >= 0.3 is 0 Å². The maximum Gasteiger partial charge on any atom is 0.253 e. The van der Waals surface area contributed by atoms with Gasteiger partial charge in [0.2, 0.25) is 5.91 Å². The molecule has 1 aromatic carbocycles. The minimum absolute atomic E-state index is 0.00646. The van der Waals surface area contributed by atoms with E-state index in [4.69, 9.17) is 11.6 Å². The van der Waals surface area contributed by atoms with Crippen molar-refractivity contribution in [2.45, 2.75) is 24.9 Å². The van der Waals surface area contributed by atoms with Crippen LogP contribution in [-0.4, -0.2) is 32.6 Å². The molecular weight excluding hydrogens is 386 g/mol. The normalized spacial score (nSPS) is 19.5. The monoisotopic (exact) mass is 401 g/mol. The van der Waals surface area contributed by atoms with Gasteiger partial charge in [-0.15, -0.1) is 10.2 Å². The number of rotatable bonds is 4. The number of piperidine rings is 1. The Balaban J connectivity index is 1.53. The third-order valence-corrected chi connectivity index (χ3v) is 5.55. The van der Waals surface area contributed by atoms with Crippen molar-refractivity contribution < 1.29 is 9.59 Å². The second-order valence-corrected chi connectivity index (χ2v) is 7.44. The predicted octanol–water partition coefficient (Wildman–Crippen LogP) is 2.73. The van der Waals surface area contributed by atoms with E-state index >= 15 is 0 Å². The van der Waals surface area contributed by atoms with Crippen LogP contribution in [0.5, 0.6) is 0 Å². The molecule has 4 rings (SSSR count). The number of nitrogens with zero attached hydrogens (tertiary/aromatic N) is 3. The van der Waals surface area contributed by atoms with E-state index in [0.29, 0.717) is 23.4 Å². The number of halogens is 1. The highest BCUT2D eigenvalue weighted by atomic mass is 35.5. The largest absolute Gasteiger partial charge is 0.347 e. The van der Waals surface area contributed by atoms with Crippen molar-refractivity contribution in [2.75, 3.05) is 0 Å². The second kappa shape index (κ2) is 7.50. The molecule has 2 N–H and O–H groups in total. The Bertz CT molecular complexity index is 958. The first-order chi connectivity index (χ1) is 13.1. The standard InChI is InChI=1S/C18H16ClN5O2S/c19-14-7-12(24-9-20-21-10-24)1-2-13(14)18(26)22-15-3-4-16(25)23-17(15)11-5-6-27-8-11/h1-2,5-10,15,17H,3-4H2,(H,22,26)(H,23,25)/t15-,17+/m1/s1. The molecule has 0 unspecified atom stereocenters. The predicted molar refractivity (Wildman–Crippen MR) is 102 cm³/mol. The van der Waals surface area contributed by atoms with Crippen molar-refractivity contribution in [3.8, 4) is 5.69 Å². The Hall–Kier alpha value is -2.71. The van der Waals surface area contributed by atoms with Gasteiger partial charge in [-0.25, -0.2) is 0 Å². The molecule has 3 heterocycles. The molecule has 0 saturated carbocycles. The molecular formula is C18H16ClN5O2S. The molecule has 0 spiro atoms. The van der Waals surface area contributed by atoms with Crippen molar-refractivity contribution in [1.82, 2.24) is 25.4 Å². The number of hydrogen-bond donors (Lipinski definition) is 2. The van der Waals surface area contributed by atoms with Crippen molar-refractivity contribution in [1.29, 1.82) is 0 Å². The van der Waals surface area contributed by atoms with Crippen molar-refractivity contribution in [3.05, 3.63) is 63.8 Å². The Morgan fingerprint density at radius 2 is 2.11 bits per heavy atom. The van der Waals surface area contributed by atoms with Crippen LogP contribution >= 0.6 is 22.9 Å². The average Bonchev–Trinajstić information content (AvgIpc) is 3.37. The molecule has 0 radical (unpaired) electrons. The van der Waals surface area contributed by atoms with Crippen molar-refractivity contribution in [2.24, 2.45) is 0 Å². The van der Waals surface area contributed by atoms with E-state index in [-0.39, 0.29) is 23.9 Å².